The van der Waals surface area contributed by atoms with Gasteiger partial charge in [-0.1, -0.05) is 13.8 Å². The molecule has 0 aliphatic carbocycles. The van der Waals surface area contributed by atoms with Gasteiger partial charge in [0.2, 0.25) is 0 Å². The monoisotopic (exact) mass is 241 g/mol. The number of ether oxygens (including phenoxy) is 1. The molecule has 0 bridgehead atoms. The Balaban J connectivity index is 2.68. The standard InChI is InChI=1S/C12H19NO2S/c1-5-15-12(14)11(8(2)3)13-10-6-9(4)7-16-10/h6-8,11,13H,5H2,1-4H3. The Labute approximate surface area is 101 Å². The molecule has 1 aromatic heterocycles. The minimum atomic E-state index is -0.266. The summed E-state index contributed by atoms with van der Waals surface area (Å²) in [6.45, 7) is 8.30. The number of hydrogen-bond acceptors (Lipinski definition) is 4. The van der Waals surface area contributed by atoms with E-state index in [1.54, 1.807) is 11.3 Å². The third-order valence-corrected chi connectivity index (χ3v) is 3.21. The van der Waals surface area contributed by atoms with Crippen molar-refractivity contribution in [2.75, 3.05) is 11.9 Å². The van der Waals surface area contributed by atoms with Gasteiger partial charge in [0.1, 0.15) is 6.04 Å². The third-order valence-electron chi connectivity index (χ3n) is 2.24. The van der Waals surface area contributed by atoms with E-state index in [4.69, 9.17) is 4.74 Å². The van der Waals surface area contributed by atoms with Gasteiger partial charge in [0.25, 0.3) is 0 Å². The second kappa shape index (κ2) is 5.89. The lowest BCUT2D eigenvalue weighted by atomic mass is 10.1. The van der Waals surface area contributed by atoms with Crippen molar-refractivity contribution in [1.82, 2.24) is 0 Å². The summed E-state index contributed by atoms with van der Waals surface area (Å²) in [6.07, 6.45) is 0. The molecule has 0 aliphatic heterocycles. The van der Waals surface area contributed by atoms with E-state index in [2.05, 4.69) is 10.7 Å². The Bertz CT molecular complexity index is 347. The average molecular weight is 241 g/mol. The molecular formula is C12H19NO2S. The van der Waals surface area contributed by atoms with Crippen LogP contribution in [-0.4, -0.2) is 18.6 Å². The van der Waals surface area contributed by atoms with Crippen molar-refractivity contribution < 1.29 is 9.53 Å². The topological polar surface area (TPSA) is 38.3 Å². The fourth-order valence-corrected chi connectivity index (χ4v) is 2.22. The van der Waals surface area contributed by atoms with Crippen LogP contribution >= 0.6 is 11.3 Å². The van der Waals surface area contributed by atoms with Crippen molar-refractivity contribution in [3.63, 3.8) is 0 Å². The summed E-state index contributed by atoms with van der Waals surface area (Å²) in [5.41, 5.74) is 1.21. The number of thiophene rings is 1. The van der Waals surface area contributed by atoms with Gasteiger partial charge in [0, 0.05) is 0 Å². The number of aryl methyl sites for hydroxylation is 1. The Morgan fingerprint density at radius 2 is 2.25 bits per heavy atom. The molecule has 0 spiro atoms. The van der Waals surface area contributed by atoms with Crippen LogP contribution in [0.1, 0.15) is 26.3 Å². The molecule has 0 amide bonds. The first-order chi connectivity index (χ1) is 7.54. The summed E-state index contributed by atoms with van der Waals surface area (Å²) in [5, 5.41) is 6.31. The zero-order valence-electron chi connectivity index (χ0n) is 10.2. The second-order valence-electron chi connectivity index (χ2n) is 4.11. The Hall–Kier alpha value is -1.03. The Morgan fingerprint density at radius 1 is 1.56 bits per heavy atom. The van der Waals surface area contributed by atoms with Gasteiger partial charge in [0.05, 0.1) is 11.6 Å². The Morgan fingerprint density at radius 3 is 2.69 bits per heavy atom. The van der Waals surface area contributed by atoms with Crippen LogP contribution in [0, 0.1) is 12.8 Å². The molecule has 0 fully saturated rings. The highest BCUT2D eigenvalue weighted by molar-refractivity contribution is 7.14. The molecule has 1 unspecified atom stereocenters. The molecule has 1 heterocycles. The van der Waals surface area contributed by atoms with Crippen molar-refractivity contribution in [1.29, 1.82) is 0 Å². The lowest BCUT2D eigenvalue weighted by Crippen LogP contribution is -2.35. The molecule has 16 heavy (non-hydrogen) atoms. The molecular weight excluding hydrogens is 222 g/mol. The minimum Gasteiger partial charge on any atom is -0.464 e. The molecule has 90 valence electrons. The number of hydrogen-bond donors (Lipinski definition) is 1. The molecule has 0 aromatic carbocycles. The first-order valence-corrected chi connectivity index (χ1v) is 6.40. The lowest BCUT2D eigenvalue weighted by Gasteiger charge is -2.20. The highest BCUT2D eigenvalue weighted by atomic mass is 32.1. The van der Waals surface area contributed by atoms with Crippen LogP contribution in [0.15, 0.2) is 11.4 Å². The molecule has 4 heteroatoms. The van der Waals surface area contributed by atoms with Gasteiger partial charge >= 0.3 is 5.97 Å². The summed E-state index contributed by atoms with van der Waals surface area (Å²) in [6, 6.07) is 1.78. The molecule has 1 atom stereocenters. The largest absolute Gasteiger partial charge is 0.464 e. The van der Waals surface area contributed by atoms with Gasteiger partial charge in [-0.15, -0.1) is 11.3 Å². The van der Waals surface area contributed by atoms with Crippen molar-refractivity contribution in [3.8, 4) is 0 Å². The van der Waals surface area contributed by atoms with E-state index in [1.165, 1.54) is 5.56 Å². The molecule has 0 aliphatic rings. The van der Waals surface area contributed by atoms with E-state index in [0.717, 1.165) is 5.00 Å². The van der Waals surface area contributed by atoms with Gasteiger partial charge in [-0.05, 0) is 36.8 Å². The van der Waals surface area contributed by atoms with Crippen LogP contribution in [0.25, 0.3) is 0 Å². The normalized spacial score (nSPS) is 12.6. The van der Waals surface area contributed by atoms with Crippen molar-refractivity contribution in [2.24, 2.45) is 5.92 Å². The first-order valence-electron chi connectivity index (χ1n) is 5.53. The predicted molar refractivity (Wildman–Crippen MR) is 67.9 cm³/mol. The fraction of sp³-hybridized carbons (Fsp3) is 0.583. The summed E-state index contributed by atoms with van der Waals surface area (Å²) in [7, 11) is 0. The number of esters is 1. The summed E-state index contributed by atoms with van der Waals surface area (Å²) in [4.78, 5) is 11.7. The molecule has 1 aromatic rings. The third kappa shape index (κ3) is 3.52. The van der Waals surface area contributed by atoms with Crippen LogP contribution in [-0.2, 0) is 9.53 Å². The van der Waals surface area contributed by atoms with Crippen molar-refractivity contribution in [2.45, 2.75) is 33.7 Å². The summed E-state index contributed by atoms with van der Waals surface area (Å²) in [5.74, 6) is 0.0324. The van der Waals surface area contributed by atoms with E-state index in [1.807, 2.05) is 33.8 Å². The number of nitrogens with one attached hydrogen (secondary N) is 1. The van der Waals surface area contributed by atoms with Crippen LogP contribution < -0.4 is 5.32 Å². The van der Waals surface area contributed by atoms with Gasteiger partial charge in [-0.2, -0.15) is 0 Å². The number of carbonyl (C=O) groups excluding carboxylic acids is 1. The van der Waals surface area contributed by atoms with Crippen molar-refractivity contribution in [3.05, 3.63) is 17.0 Å². The second-order valence-corrected chi connectivity index (χ2v) is 5.02. The number of carbonyl (C=O) groups is 1. The Kier molecular flexibility index (Phi) is 4.80. The maximum Gasteiger partial charge on any atom is 0.328 e. The van der Waals surface area contributed by atoms with Crippen LogP contribution in [0.3, 0.4) is 0 Å². The summed E-state index contributed by atoms with van der Waals surface area (Å²) >= 11 is 1.61. The zero-order valence-corrected chi connectivity index (χ0v) is 11.1. The van der Waals surface area contributed by atoms with Gasteiger partial charge < -0.3 is 10.1 Å². The van der Waals surface area contributed by atoms with E-state index in [9.17, 15) is 4.79 Å². The molecule has 3 nitrogen and oxygen atoms in total. The lowest BCUT2D eigenvalue weighted by molar-refractivity contribution is -0.145. The molecule has 0 radical (unpaired) electrons. The highest BCUT2D eigenvalue weighted by Crippen LogP contribution is 2.22. The predicted octanol–water partition coefficient (Wildman–Crippen LogP) is 3.06. The number of rotatable bonds is 5. The fourth-order valence-electron chi connectivity index (χ4n) is 1.39. The maximum absolute atomic E-state index is 11.7. The van der Waals surface area contributed by atoms with Gasteiger partial charge in [0.15, 0.2) is 0 Å². The SMILES string of the molecule is CCOC(=O)C(Nc1cc(C)cs1)C(C)C. The van der Waals surface area contributed by atoms with Gasteiger partial charge in [-0.3, -0.25) is 0 Å². The van der Waals surface area contributed by atoms with Crippen LogP contribution in [0.4, 0.5) is 5.00 Å². The minimum absolute atomic E-state index is 0.177. The first kappa shape index (κ1) is 13.0. The highest BCUT2D eigenvalue weighted by Gasteiger charge is 2.23. The molecule has 1 N–H and O–H groups in total. The smallest absolute Gasteiger partial charge is 0.328 e. The van der Waals surface area contributed by atoms with Gasteiger partial charge in [-0.25, -0.2) is 4.79 Å². The zero-order chi connectivity index (χ0) is 12.1. The molecule has 1 rings (SSSR count). The van der Waals surface area contributed by atoms with E-state index in [-0.39, 0.29) is 17.9 Å². The molecule has 0 saturated heterocycles. The van der Waals surface area contributed by atoms with E-state index >= 15 is 0 Å². The van der Waals surface area contributed by atoms with Crippen LogP contribution in [0.5, 0.6) is 0 Å². The number of anilines is 1. The quantitative estimate of drug-likeness (QED) is 0.805. The maximum atomic E-state index is 11.7. The molecule has 0 saturated carbocycles. The van der Waals surface area contributed by atoms with E-state index in [0.29, 0.717) is 6.61 Å². The van der Waals surface area contributed by atoms with Crippen LogP contribution in [0.2, 0.25) is 0 Å². The average Bonchev–Trinajstić information content (AvgIpc) is 2.60. The van der Waals surface area contributed by atoms with Crippen molar-refractivity contribution >= 4 is 22.3 Å². The van der Waals surface area contributed by atoms with E-state index < -0.39 is 0 Å². The summed E-state index contributed by atoms with van der Waals surface area (Å²) < 4.78 is 5.05.